The van der Waals surface area contributed by atoms with Crippen molar-refractivity contribution in [2.24, 2.45) is 0 Å². The van der Waals surface area contributed by atoms with Gasteiger partial charge in [-0.2, -0.15) is 0 Å². The van der Waals surface area contributed by atoms with E-state index >= 15 is 0 Å². The second kappa shape index (κ2) is 2.87. The van der Waals surface area contributed by atoms with Gasteiger partial charge in [-0.25, -0.2) is 4.98 Å². The van der Waals surface area contributed by atoms with Crippen molar-refractivity contribution in [2.45, 2.75) is 11.9 Å². The lowest BCUT2D eigenvalue weighted by molar-refractivity contribution is -0.388. The zero-order chi connectivity index (χ0) is 8.43. The predicted molar refractivity (Wildman–Crippen MR) is 42.9 cm³/mol. The quantitative estimate of drug-likeness (QED) is 0.395. The Hall–Kier alpha value is -1.10. The molecule has 4 nitrogen and oxygen atoms in total. The Balaban J connectivity index is 3.23. The van der Waals surface area contributed by atoms with Gasteiger partial charge in [0.2, 0.25) is 0 Å². The van der Waals surface area contributed by atoms with Gasteiger partial charge < -0.3 is 0 Å². The standard InChI is InChI=1S/C6H6N2O2S/c1-4-2-5(8(9)10)6(11)7-3-4/h2-3H,1H3,(H,7,11). The maximum absolute atomic E-state index is 10.3. The predicted octanol–water partition coefficient (Wildman–Crippen LogP) is 1.59. The molecule has 0 amide bonds. The number of thiol groups is 1. The number of hydrogen-bond donors (Lipinski definition) is 1. The van der Waals surface area contributed by atoms with Crippen LogP contribution in [0.2, 0.25) is 0 Å². The summed E-state index contributed by atoms with van der Waals surface area (Å²) in [5.41, 5.74) is 0.711. The van der Waals surface area contributed by atoms with Gasteiger partial charge in [-0.05, 0) is 12.5 Å². The summed E-state index contributed by atoms with van der Waals surface area (Å²) in [7, 11) is 0. The van der Waals surface area contributed by atoms with E-state index in [0.717, 1.165) is 5.56 Å². The smallest absolute Gasteiger partial charge is 0.258 e. The average Bonchev–Trinajstić information content (AvgIpc) is 1.94. The van der Waals surface area contributed by atoms with E-state index in [9.17, 15) is 10.1 Å². The van der Waals surface area contributed by atoms with Crippen LogP contribution in [-0.2, 0) is 0 Å². The molecule has 0 radical (unpaired) electrons. The number of aryl methyl sites for hydroxylation is 1. The minimum Gasteiger partial charge on any atom is -0.258 e. The van der Waals surface area contributed by atoms with Crippen molar-refractivity contribution in [3.8, 4) is 0 Å². The summed E-state index contributed by atoms with van der Waals surface area (Å²) in [6, 6.07) is 1.44. The van der Waals surface area contributed by atoms with Gasteiger partial charge in [0.05, 0.1) is 4.92 Å². The minimum absolute atomic E-state index is 0.0478. The first-order chi connectivity index (χ1) is 5.11. The van der Waals surface area contributed by atoms with Crippen molar-refractivity contribution in [1.82, 2.24) is 4.98 Å². The maximum atomic E-state index is 10.3. The van der Waals surface area contributed by atoms with Crippen LogP contribution < -0.4 is 0 Å². The highest BCUT2D eigenvalue weighted by molar-refractivity contribution is 7.80. The molecule has 0 bridgehead atoms. The Morgan fingerprint density at radius 1 is 1.73 bits per heavy atom. The first-order valence-corrected chi connectivity index (χ1v) is 3.36. The fourth-order valence-corrected chi connectivity index (χ4v) is 0.885. The highest BCUT2D eigenvalue weighted by Gasteiger charge is 2.10. The van der Waals surface area contributed by atoms with Crippen LogP contribution in [-0.4, -0.2) is 9.91 Å². The van der Waals surface area contributed by atoms with Crippen LogP contribution in [0.3, 0.4) is 0 Å². The lowest BCUT2D eigenvalue weighted by Crippen LogP contribution is -1.92. The van der Waals surface area contributed by atoms with Crippen LogP contribution in [0.15, 0.2) is 17.3 Å². The van der Waals surface area contributed by atoms with E-state index in [2.05, 4.69) is 17.6 Å². The van der Waals surface area contributed by atoms with Gasteiger partial charge in [0.25, 0.3) is 0 Å². The number of hydrogen-bond acceptors (Lipinski definition) is 4. The lowest BCUT2D eigenvalue weighted by atomic mass is 10.3. The van der Waals surface area contributed by atoms with Crippen LogP contribution in [0, 0.1) is 17.0 Å². The molecule has 58 valence electrons. The lowest BCUT2D eigenvalue weighted by Gasteiger charge is -1.94. The van der Waals surface area contributed by atoms with E-state index in [4.69, 9.17) is 0 Å². The second-order valence-electron chi connectivity index (χ2n) is 2.11. The van der Waals surface area contributed by atoms with Crippen LogP contribution >= 0.6 is 12.6 Å². The van der Waals surface area contributed by atoms with Gasteiger partial charge in [0, 0.05) is 12.3 Å². The van der Waals surface area contributed by atoms with Crippen LogP contribution in [0.4, 0.5) is 5.69 Å². The van der Waals surface area contributed by atoms with Gasteiger partial charge in [-0.1, -0.05) is 0 Å². The van der Waals surface area contributed by atoms with Crippen molar-refractivity contribution in [3.63, 3.8) is 0 Å². The summed E-state index contributed by atoms with van der Waals surface area (Å²) >= 11 is 3.83. The van der Waals surface area contributed by atoms with E-state index in [-0.39, 0.29) is 10.7 Å². The second-order valence-corrected chi connectivity index (χ2v) is 2.54. The van der Waals surface area contributed by atoms with E-state index in [1.165, 1.54) is 12.3 Å². The van der Waals surface area contributed by atoms with Crippen molar-refractivity contribution in [3.05, 3.63) is 27.9 Å². The first-order valence-electron chi connectivity index (χ1n) is 2.91. The first kappa shape index (κ1) is 8.00. The van der Waals surface area contributed by atoms with Gasteiger partial charge in [0.1, 0.15) is 0 Å². The number of rotatable bonds is 1. The molecule has 5 heteroatoms. The molecule has 0 aliphatic carbocycles. The van der Waals surface area contributed by atoms with E-state index < -0.39 is 4.92 Å². The highest BCUT2D eigenvalue weighted by Crippen LogP contribution is 2.19. The summed E-state index contributed by atoms with van der Waals surface area (Å²) in [6.07, 6.45) is 1.54. The fraction of sp³-hybridized carbons (Fsp3) is 0.167. The highest BCUT2D eigenvalue weighted by atomic mass is 32.1. The molecule has 1 rings (SSSR count). The SMILES string of the molecule is Cc1cnc(S)c([N+](=O)[O-])c1. The normalized spacial score (nSPS) is 9.64. The average molecular weight is 170 g/mol. The van der Waals surface area contributed by atoms with Gasteiger partial charge in [0.15, 0.2) is 5.03 Å². The summed E-state index contributed by atoms with van der Waals surface area (Å²) in [5, 5.41) is 10.4. The molecular weight excluding hydrogens is 164 g/mol. The van der Waals surface area contributed by atoms with E-state index in [0.29, 0.717) is 0 Å². The molecule has 0 aliphatic rings. The topological polar surface area (TPSA) is 56.0 Å². The third-order valence-electron chi connectivity index (χ3n) is 1.18. The Labute approximate surface area is 68.8 Å². The monoisotopic (exact) mass is 170 g/mol. The molecule has 0 fully saturated rings. The molecule has 0 N–H and O–H groups in total. The largest absolute Gasteiger partial charge is 0.301 e. The Bertz CT molecular complexity index is 301. The Morgan fingerprint density at radius 3 is 2.82 bits per heavy atom. The molecule has 0 spiro atoms. The molecule has 0 unspecified atom stereocenters. The number of nitrogens with zero attached hydrogens (tertiary/aromatic N) is 2. The molecule has 0 aromatic carbocycles. The van der Waals surface area contributed by atoms with E-state index in [1.807, 2.05) is 0 Å². The van der Waals surface area contributed by atoms with Crippen LogP contribution in [0.5, 0.6) is 0 Å². The molecule has 0 aliphatic heterocycles. The van der Waals surface area contributed by atoms with Crippen LogP contribution in [0.1, 0.15) is 5.56 Å². The van der Waals surface area contributed by atoms with Gasteiger partial charge >= 0.3 is 5.69 Å². The van der Waals surface area contributed by atoms with Crippen molar-refractivity contribution >= 4 is 18.3 Å². The zero-order valence-corrected chi connectivity index (χ0v) is 6.71. The Morgan fingerprint density at radius 2 is 2.36 bits per heavy atom. The summed E-state index contributed by atoms with van der Waals surface area (Å²) < 4.78 is 0. The molecule has 1 aromatic rings. The third kappa shape index (κ3) is 1.68. The molecule has 1 aromatic heterocycles. The van der Waals surface area contributed by atoms with Gasteiger partial charge in [-0.15, -0.1) is 12.6 Å². The molecule has 1 heterocycles. The van der Waals surface area contributed by atoms with Crippen molar-refractivity contribution in [2.75, 3.05) is 0 Å². The molecular formula is C6H6N2O2S. The summed E-state index contributed by atoms with van der Waals surface area (Å²) in [5.74, 6) is 0. The number of nitro groups is 1. The Kier molecular flexibility index (Phi) is 2.09. The molecule has 0 atom stereocenters. The minimum atomic E-state index is -0.498. The maximum Gasteiger partial charge on any atom is 0.301 e. The molecule has 11 heavy (non-hydrogen) atoms. The third-order valence-corrected chi connectivity index (χ3v) is 1.53. The fourth-order valence-electron chi connectivity index (χ4n) is 0.681. The number of aromatic nitrogens is 1. The summed E-state index contributed by atoms with van der Waals surface area (Å²) in [6.45, 7) is 1.74. The molecule has 0 saturated heterocycles. The summed E-state index contributed by atoms with van der Waals surface area (Å²) in [4.78, 5) is 13.5. The van der Waals surface area contributed by atoms with Gasteiger partial charge in [-0.3, -0.25) is 10.1 Å². The van der Waals surface area contributed by atoms with Crippen LogP contribution in [0.25, 0.3) is 0 Å². The molecule has 0 saturated carbocycles. The zero-order valence-electron chi connectivity index (χ0n) is 5.81. The van der Waals surface area contributed by atoms with Crippen molar-refractivity contribution in [1.29, 1.82) is 0 Å². The van der Waals surface area contributed by atoms with E-state index in [1.54, 1.807) is 6.92 Å². The number of pyridine rings is 1. The van der Waals surface area contributed by atoms with Crippen molar-refractivity contribution < 1.29 is 4.92 Å².